The average Bonchev–Trinajstić information content (AvgIpc) is 3.50. The number of oxazole rings is 1. The van der Waals surface area contributed by atoms with Crippen molar-refractivity contribution < 1.29 is 28.3 Å². The summed E-state index contributed by atoms with van der Waals surface area (Å²) >= 11 is 5.91. The molecular weight excluding hydrogens is 476 g/mol. The Labute approximate surface area is 205 Å². The SMILES string of the molecule is O=Cc1ncc(-c2cnc(C(=O)NCc3ccc(Cl)cc3)cc2O[C@H]2CCN3C(=O)OC[C@@H]3C2)o1. The summed E-state index contributed by atoms with van der Waals surface area (Å²) in [5, 5.41) is 3.44. The molecule has 2 saturated heterocycles. The molecule has 1 aromatic carbocycles. The van der Waals surface area contributed by atoms with Crippen molar-refractivity contribution in [3.8, 4) is 17.1 Å². The molecule has 2 atom stereocenters. The van der Waals surface area contributed by atoms with Gasteiger partial charge in [0, 0.05) is 43.2 Å². The predicted molar refractivity (Wildman–Crippen MR) is 123 cm³/mol. The summed E-state index contributed by atoms with van der Waals surface area (Å²) in [6.45, 7) is 1.14. The number of ether oxygens (including phenoxy) is 2. The van der Waals surface area contributed by atoms with Crippen LogP contribution in [0.3, 0.4) is 0 Å². The topological polar surface area (TPSA) is 124 Å². The number of amides is 2. The van der Waals surface area contributed by atoms with Crippen LogP contribution in [0.2, 0.25) is 5.02 Å². The summed E-state index contributed by atoms with van der Waals surface area (Å²) in [7, 11) is 0. The van der Waals surface area contributed by atoms with Crippen LogP contribution in [0, 0.1) is 0 Å². The number of hydrogen-bond donors (Lipinski definition) is 1. The number of pyridine rings is 1. The van der Waals surface area contributed by atoms with E-state index in [9.17, 15) is 14.4 Å². The maximum Gasteiger partial charge on any atom is 0.410 e. The largest absolute Gasteiger partial charge is 0.489 e. The van der Waals surface area contributed by atoms with Crippen molar-refractivity contribution in [3.05, 3.63) is 64.9 Å². The van der Waals surface area contributed by atoms with Gasteiger partial charge in [-0.3, -0.25) is 14.6 Å². The van der Waals surface area contributed by atoms with Crippen LogP contribution in [-0.4, -0.2) is 58.5 Å². The Bertz CT molecular complexity index is 1260. The minimum atomic E-state index is -0.382. The molecule has 2 fully saturated rings. The highest BCUT2D eigenvalue weighted by atomic mass is 35.5. The number of nitrogens with one attached hydrogen (secondary N) is 1. The van der Waals surface area contributed by atoms with Crippen molar-refractivity contribution >= 4 is 29.9 Å². The van der Waals surface area contributed by atoms with Gasteiger partial charge in [-0.15, -0.1) is 0 Å². The lowest BCUT2D eigenvalue weighted by atomic mass is 10.0. The molecule has 35 heavy (non-hydrogen) atoms. The summed E-state index contributed by atoms with van der Waals surface area (Å²) < 4.78 is 16.9. The van der Waals surface area contributed by atoms with Crippen molar-refractivity contribution in [2.24, 2.45) is 0 Å². The molecule has 0 aliphatic carbocycles. The molecule has 2 amide bonds. The zero-order chi connectivity index (χ0) is 24.4. The van der Waals surface area contributed by atoms with Gasteiger partial charge in [-0.25, -0.2) is 9.78 Å². The van der Waals surface area contributed by atoms with E-state index >= 15 is 0 Å². The Hall–Kier alpha value is -3.92. The first-order chi connectivity index (χ1) is 17.0. The molecule has 3 aromatic rings. The fraction of sp³-hybridized carbons (Fsp3) is 0.292. The van der Waals surface area contributed by atoms with E-state index < -0.39 is 0 Å². The Kier molecular flexibility index (Phi) is 6.37. The fourth-order valence-electron chi connectivity index (χ4n) is 4.13. The molecule has 1 N–H and O–H groups in total. The lowest BCUT2D eigenvalue weighted by Gasteiger charge is -2.32. The molecule has 0 saturated carbocycles. The van der Waals surface area contributed by atoms with Gasteiger partial charge in [0.2, 0.25) is 6.29 Å². The van der Waals surface area contributed by atoms with Crippen LogP contribution in [0.5, 0.6) is 5.75 Å². The predicted octanol–water partition coefficient (Wildman–Crippen LogP) is 3.49. The molecule has 2 aliphatic rings. The van der Waals surface area contributed by atoms with E-state index in [-0.39, 0.29) is 35.7 Å². The van der Waals surface area contributed by atoms with E-state index in [4.69, 9.17) is 25.5 Å². The van der Waals surface area contributed by atoms with Crippen LogP contribution in [-0.2, 0) is 11.3 Å². The van der Waals surface area contributed by atoms with Gasteiger partial charge in [0.25, 0.3) is 11.8 Å². The fourth-order valence-corrected chi connectivity index (χ4v) is 4.26. The van der Waals surface area contributed by atoms with Gasteiger partial charge in [0.05, 0.1) is 17.8 Å². The van der Waals surface area contributed by atoms with Crippen molar-refractivity contribution in [2.75, 3.05) is 13.2 Å². The molecule has 5 rings (SSSR count). The van der Waals surface area contributed by atoms with Crippen LogP contribution in [0.25, 0.3) is 11.3 Å². The Morgan fingerprint density at radius 2 is 2.09 bits per heavy atom. The average molecular weight is 497 g/mol. The second-order valence-electron chi connectivity index (χ2n) is 8.24. The first-order valence-corrected chi connectivity index (χ1v) is 11.4. The maximum absolute atomic E-state index is 12.8. The molecular formula is C24H21ClN4O6. The third-order valence-electron chi connectivity index (χ3n) is 5.95. The van der Waals surface area contributed by atoms with Gasteiger partial charge in [-0.1, -0.05) is 23.7 Å². The Morgan fingerprint density at radius 1 is 1.26 bits per heavy atom. The van der Waals surface area contributed by atoms with Crippen LogP contribution in [0.4, 0.5) is 4.79 Å². The van der Waals surface area contributed by atoms with Gasteiger partial charge in [0.1, 0.15) is 24.2 Å². The van der Waals surface area contributed by atoms with Crippen LogP contribution >= 0.6 is 11.6 Å². The highest BCUT2D eigenvalue weighted by Crippen LogP contribution is 2.34. The van der Waals surface area contributed by atoms with E-state index in [1.807, 2.05) is 12.1 Å². The van der Waals surface area contributed by atoms with E-state index in [0.717, 1.165) is 5.56 Å². The molecule has 2 aliphatic heterocycles. The number of halogens is 1. The second-order valence-corrected chi connectivity index (χ2v) is 8.68. The third-order valence-corrected chi connectivity index (χ3v) is 6.20. The van der Waals surface area contributed by atoms with Crippen LogP contribution < -0.4 is 10.1 Å². The molecule has 0 spiro atoms. The molecule has 4 heterocycles. The van der Waals surface area contributed by atoms with Gasteiger partial charge >= 0.3 is 6.09 Å². The first-order valence-electron chi connectivity index (χ1n) is 11.0. The lowest BCUT2D eigenvalue weighted by Crippen LogP contribution is -2.44. The molecule has 11 heteroatoms. The standard InChI is InChI=1S/C24H21ClN4O6/c25-15-3-1-14(2-4-15)9-28-23(31)19-8-20(18(10-26-19)21-11-27-22(12-30)35-21)34-17-5-6-29-16(7-17)13-33-24(29)32/h1-4,8,10-12,16-17H,5-7,9,13H2,(H,28,31)/t16-,17-/m0/s1. The number of hydrogen-bond acceptors (Lipinski definition) is 8. The summed E-state index contributed by atoms with van der Waals surface area (Å²) in [5.74, 6) is 0.200. The number of piperidine rings is 1. The Morgan fingerprint density at radius 3 is 2.86 bits per heavy atom. The van der Waals surface area contributed by atoms with E-state index in [1.54, 1.807) is 17.0 Å². The van der Waals surface area contributed by atoms with Crippen molar-refractivity contribution in [2.45, 2.75) is 31.5 Å². The molecule has 2 aromatic heterocycles. The molecule has 0 radical (unpaired) electrons. The number of nitrogens with zero attached hydrogens (tertiary/aromatic N) is 3. The van der Waals surface area contributed by atoms with Crippen molar-refractivity contribution in [1.29, 1.82) is 0 Å². The highest BCUT2D eigenvalue weighted by molar-refractivity contribution is 6.30. The maximum atomic E-state index is 12.8. The van der Waals surface area contributed by atoms with E-state index in [2.05, 4.69) is 15.3 Å². The van der Waals surface area contributed by atoms with Gasteiger partial charge in [-0.05, 0) is 17.7 Å². The molecule has 0 bridgehead atoms. The summed E-state index contributed by atoms with van der Waals surface area (Å²) in [6.07, 6.45) is 4.02. The monoisotopic (exact) mass is 496 g/mol. The number of carbonyl (C=O) groups excluding carboxylic acids is 3. The van der Waals surface area contributed by atoms with E-state index in [0.29, 0.717) is 60.9 Å². The minimum Gasteiger partial charge on any atom is -0.489 e. The zero-order valence-electron chi connectivity index (χ0n) is 18.5. The Balaban J connectivity index is 1.37. The molecule has 10 nitrogen and oxygen atoms in total. The van der Waals surface area contributed by atoms with Crippen LogP contribution in [0.1, 0.15) is 39.6 Å². The first kappa shape index (κ1) is 22.9. The summed E-state index contributed by atoms with van der Waals surface area (Å²) in [5.41, 5.74) is 1.50. The smallest absolute Gasteiger partial charge is 0.410 e. The molecule has 0 unspecified atom stereocenters. The number of fused-ring (bicyclic) bond motifs is 1. The van der Waals surface area contributed by atoms with Gasteiger partial charge < -0.3 is 24.1 Å². The van der Waals surface area contributed by atoms with Gasteiger partial charge in [0.15, 0.2) is 5.76 Å². The zero-order valence-corrected chi connectivity index (χ0v) is 19.2. The number of carbonyl (C=O) groups is 3. The van der Waals surface area contributed by atoms with Crippen LogP contribution in [0.15, 0.2) is 47.1 Å². The normalized spacial score (nSPS) is 19.1. The summed E-state index contributed by atoms with van der Waals surface area (Å²) in [6, 6.07) is 8.64. The minimum absolute atomic E-state index is 0.0550. The highest BCUT2D eigenvalue weighted by Gasteiger charge is 2.39. The quantitative estimate of drug-likeness (QED) is 0.493. The van der Waals surface area contributed by atoms with Gasteiger partial charge in [-0.2, -0.15) is 0 Å². The number of cyclic esters (lactones) is 1. The van der Waals surface area contributed by atoms with Crippen molar-refractivity contribution in [3.63, 3.8) is 0 Å². The summed E-state index contributed by atoms with van der Waals surface area (Å²) in [4.78, 5) is 45.5. The lowest BCUT2D eigenvalue weighted by molar-refractivity contribution is 0.0914. The number of aromatic nitrogens is 2. The van der Waals surface area contributed by atoms with E-state index in [1.165, 1.54) is 18.5 Å². The molecule has 180 valence electrons. The number of rotatable bonds is 7. The number of aldehydes is 1. The second kappa shape index (κ2) is 9.75. The number of benzene rings is 1. The third kappa shape index (κ3) is 4.97. The van der Waals surface area contributed by atoms with Crippen molar-refractivity contribution in [1.82, 2.24) is 20.2 Å².